The Morgan fingerprint density at radius 1 is 1.21 bits per heavy atom. The summed E-state index contributed by atoms with van der Waals surface area (Å²) in [5.74, 6) is -3.12. The van der Waals surface area contributed by atoms with E-state index in [1.54, 1.807) is 17.0 Å². The molecule has 3 rings (SSSR count). The highest BCUT2D eigenvalue weighted by Crippen LogP contribution is 2.18. The van der Waals surface area contributed by atoms with Crippen molar-refractivity contribution in [2.24, 2.45) is 0 Å². The van der Waals surface area contributed by atoms with Gasteiger partial charge in [0, 0.05) is 19.2 Å². The average Bonchev–Trinajstić information content (AvgIpc) is 3.28. The predicted molar refractivity (Wildman–Crippen MR) is 119 cm³/mol. The van der Waals surface area contributed by atoms with Gasteiger partial charge in [-0.2, -0.15) is 0 Å². The number of carbonyl (C=O) groups excluding carboxylic acids is 3. The molecule has 34 heavy (non-hydrogen) atoms. The van der Waals surface area contributed by atoms with Crippen LogP contribution in [0.3, 0.4) is 0 Å². The molecule has 4 N–H and O–H groups in total. The van der Waals surface area contributed by atoms with Gasteiger partial charge in [0.25, 0.3) is 0 Å². The number of hydrogen-bond acceptors (Lipinski definition) is 7. The molecule has 1 aliphatic rings. The Balaban J connectivity index is 1.72. The van der Waals surface area contributed by atoms with Gasteiger partial charge in [-0.25, -0.2) is 13.8 Å². The lowest BCUT2D eigenvalue weighted by Gasteiger charge is -2.25. The molecule has 9 nitrogen and oxygen atoms in total. The Labute approximate surface area is 195 Å². The molecule has 0 aliphatic carbocycles. The van der Waals surface area contributed by atoms with Crippen molar-refractivity contribution in [2.45, 2.75) is 37.9 Å². The molecule has 1 saturated heterocycles. The molecule has 0 radical (unpaired) electrons. The van der Waals surface area contributed by atoms with E-state index in [0.717, 1.165) is 12.1 Å². The summed E-state index contributed by atoms with van der Waals surface area (Å²) in [6, 6.07) is 4.95. The van der Waals surface area contributed by atoms with Crippen molar-refractivity contribution in [1.82, 2.24) is 20.5 Å². The van der Waals surface area contributed by atoms with Crippen LogP contribution in [0.15, 0.2) is 36.5 Å². The number of rotatable bonds is 9. The van der Waals surface area contributed by atoms with Crippen molar-refractivity contribution >= 4 is 23.6 Å². The van der Waals surface area contributed by atoms with Crippen LogP contribution < -0.4 is 16.4 Å². The highest BCUT2D eigenvalue weighted by atomic mass is 19.2. The van der Waals surface area contributed by atoms with E-state index < -0.39 is 41.5 Å². The van der Waals surface area contributed by atoms with E-state index in [4.69, 9.17) is 5.73 Å². The van der Waals surface area contributed by atoms with Gasteiger partial charge in [-0.3, -0.25) is 19.3 Å². The molecule has 2 heterocycles. The van der Waals surface area contributed by atoms with Crippen molar-refractivity contribution in [3.8, 4) is 0 Å². The van der Waals surface area contributed by atoms with Gasteiger partial charge in [-0.1, -0.05) is 12.1 Å². The number of carbonyl (C=O) groups is 3. The summed E-state index contributed by atoms with van der Waals surface area (Å²) in [6.45, 7) is 0.629. The molecule has 0 spiro atoms. The summed E-state index contributed by atoms with van der Waals surface area (Å²) >= 11 is 0. The summed E-state index contributed by atoms with van der Waals surface area (Å²) in [6.07, 6.45) is 2.68. The number of nitrogens with two attached hydrogens (primary N) is 1. The fourth-order valence-electron chi connectivity index (χ4n) is 3.78. The van der Waals surface area contributed by atoms with Crippen molar-refractivity contribution in [2.75, 3.05) is 25.9 Å². The highest BCUT2D eigenvalue weighted by molar-refractivity contribution is 5.90. The van der Waals surface area contributed by atoms with Crippen molar-refractivity contribution in [3.05, 3.63) is 59.3 Å². The lowest BCUT2D eigenvalue weighted by Crippen LogP contribution is -2.53. The third-order valence-electron chi connectivity index (χ3n) is 5.60. The maximum Gasteiger partial charge on any atom is 0.319 e. The Bertz CT molecular complexity index is 1030. The van der Waals surface area contributed by atoms with E-state index in [2.05, 4.69) is 20.4 Å². The molecule has 1 aromatic carbocycles. The van der Waals surface area contributed by atoms with E-state index in [1.165, 1.54) is 19.4 Å². The van der Waals surface area contributed by atoms with Gasteiger partial charge in [0.1, 0.15) is 11.9 Å². The number of amides is 2. The van der Waals surface area contributed by atoms with Gasteiger partial charge in [-0.15, -0.1) is 0 Å². The first-order valence-corrected chi connectivity index (χ1v) is 10.8. The van der Waals surface area contributed by atoms with Gasteiger partial charge >= 0.3 is 5.97 Å². The number of hydrogen-bond donors (Lipinski definition) is 3. The zero-order valence-corrected chi connectivity index (χ0v) is 18.7. The molecule has 2 aromatic rings. The monoisotopic (exact) mass is 475 g/mol. The summed E-state index contributed by atoms with van der Waals surface area (Å²) in [4.78, 5) is 43.3. The number of methoxy groups -OCH3 is 1. The maximum absolute atomic E-state index is 13.7. The number of ether oxygens (including phenoxy) is 1. The van der Waals surface area contributed by atoms with Crippen molar-refractivity contribution in [1.29, 1.82) is 0 Å². The number of aromatic nitrogens is 1. The molecule has 11 heteroatoms. The Morgan fingerprint density at radius 3 is 2.65 bits per heavy atom. The van der Waals surface area contributed by atoms with E-state index in [1.807, 2.05) is 0 Å². The SMILES string of the molecule is COC(=O)CN1CCC[C@@H]1C(=O)N[C@@H](Cc1ccc(F)c(F)c1)C(=O)NCc1ccc(N)nc1. The predicted octanol–water partition coefficient (Wildman–Crippen LogP) is 0.923. The summed E-state index contributed by atoms with van der Waals surface area (Å²) in [5.41, 5.74) is 6.60. The standard InChI is InChI=1S/C23H27F2N5O4/c1-34-21(31)13-30-8-2-3-19(30)23(33)29-18(10-14-4-6-16(24)17(25)9-14)22(32)28-12-15-5-7-20(26)27-11-15/h4-7,9,11,18-19H,2-3,8,10,12-13H2,1H3,(H2,26,27)(H,28,32)(H,29,33)/t18-,19+/m0/s1. The Kier molecular flexibility index (Phi) is 8.47. The van der Waals surface area contributed by atoms with Crippen molar-refractivity contribution < 1.29 is 27.9 Å². The van der Waals surface area contributed by atoms with E-state index in [-0.39, 0.29) is 19.5 Å². The number of halogens is 2. The molecule has 1 aromatic heterocycles. The number of nitrogens with one attached hydrogen (secondary N) is 2. The molecule has 0 unspecified atom stereocenters. The first-order valence-electron chi connectivity index (χ1n) is 10.8. The zero-order valence-electron chi connectivity index (χ0n) is 18.7. The normalized spacial score (nSPS) is 16.6. The lowest BCUT2D eigenvalue weighted by atomic mass is 10.0. The van der Waals surface area contributed by atoms with Gasteiger partial charge < -0.3 is 21.1 Å². The minimum atomic E-state index is -1.06. The maximum atomic E-state index is 13.7. The Hall–Kier alpha value is -3.60. The van der Waals surface area contributed by atoms with Crippen LogP contribution in [-0.4, -0.2) is 60.0 Å². The largest absolute Gasteiger partial charge is 0.468 e. The van der Waals surface area contributed by atoms with Crippen LogP contribution in [0, 0.1) is 11.6 Å². The van der Waals surface area contributed by atoms with Gasteiger partial charge in [-0.05, 0) is 48.7 Å². The second-order valence-corrected chi connectivity index (χ2v) is 8.03. The number of anilines is 1. The van der Waals surface area contributed by atoms with Crippen LogP contribution in [0.25, 0.3) is 0 Å². The number of likely N-dealkylation sites (tertiary alicyclic amines) is 1. The molecule has 1 fully saturated rings. The smallest absolute Gasteiger partial charge is 0.319 e. The first-order chi connectivity index (χ1) is 16.3. The van der Waals surface area contributed by atoms with Gasteiger partial charge in [0.2, 0.25) is 11.8 Å². The van der Waals surface area contributed by atoms with Crippen molar-refractivity contribution in [3.63, 3.8) is 0 Å². The molecule has 0 bridgehead atoms. The van der Waals surface area contributed by atoms with Crippen LogP contribution in [0.2, 0.25) is 0 Å². The summed E-state index contributed by atoms with van der Waals surface area (Å²) < 4.78 is 31.7. The van der Waals surface area contributed by atoms with Gasteiger partial charge in [0.05, 0.1) is 19.7 Å². The summed E-state index contributed by atoms with van der Waals surface area (Å²) in [5, 5.41) is 5.43. The molecular weight excluding hydrogens is 448 g/mol. The molecule has 0 saturated carbocycles. The number of benzene rings is 1. The topological polar surface area (TPSA) is 127 Å². The number of nitrogens with zero attached hydrogens (tertiary/aromatic N) is 2. The number of esters is 1. The third kappa shape index (κ3) is 6.70. The average molecular weight is 475 g/mol. The third-order valence-corrected chi connectivity index (χ3v) is 5.60. The van der Waals surface area contributed by atoms with Gasteiger partial charge in [0.15, 0.2) is 11.6 Å². The van der Waals surface area contributed by atoms with Crippen LogP contribution in [0.1, 0.15) is 24.0 Å². The number of nitrogen functional groups attached to an aromatic ring is 1. The summed E-state index contributed by atoms with van der Waals surface area (Å²) in [7, 11) is 1.27. The molecule has 1 aliphatic heterocycles. The van der Waals surface area contributed by atoms with E-state index in [0.29, 0.717) is 36.3 Å². The minimum Gasteiger partial charge on any atom is -0.468 e. The number of pyridine rings is 1. The van der Waals surface area contributed by atoms with Crippen LogP contribution >= 0.6 is 0 Å². The second kappa shape index (κ2) is 11.5. The molecule has 2 amide bonds. The second-order valence-electron chi connectivity index (χ2n) is 8.03. The molecule has 2 atom stereocenters. The minimum absolute atomic E-state index is 0.0429. The first kappa shape index (κ1) is 25.0. The molecule has 182 valence electrons. The zero-order chi connectivity index (χ0) is 24.7. The lowest BCUT2D eigenvalue weighted by molar-refractivity contribution is -0.143. The van der Waals surface area contributed by atoms with Crippen LogP contribution in [0.4, 0.5) is 14.6 Å². The fraction of sp³-hybridized carbons (Fsp3) is 0.391. The quantitative estimate of drug-likeness (QED) is 0.461. The highest BCUT2D eigenvalue weighted by Gasteiger charge is 2.34. The van der Waals surface area contributed by atoms with E-state index >= 15 is 0 Å². The Morgan fingerprint density at radius 2 is 1.97 bits per heavy atom. The van der Waals surface area contributed by atoms with Crippen LogP contribution in [0.5, 0.6) is 0 Å². The molecular formula is C23H27F2N5O4. The van der Waals surface area contributed by atoms with Crippen LogP contribution in [-0.2, 0) is 32.1 Å². The van der Waals surface area contributed by atoms with E-state index in [9.17, 15) is 23.2 Å². The fourth-order valence-corrected chi connectivity index (χ4v) is 3.78.